The van der Waals surface area contributed by atoms with Gasteiger partial charge in [-0.3, -0.25) is 9.89 Å². The van der Waals surface area contributed by atoms with Crippen LogP contribution in [0.5, 0.6) is 0 Å². The maximum Gasteiger partial charge on any atom is 0.253 e. The molecule has 0 radical (unpaired) electrons. The molecule has 0 unspecified atom stereocenters. The van der Waals surface area contributed by atoms with E-state index in [2.05, 4.69) is 16.5 Å². The normalized spacial score (nSPS) is 10.4. The van der Waals surface area contributed by atoms with E-state index < -0.39 is 0 Å². The first-order valence-corrected chi connectivity index (χ1v) is 7.41. The summed E-state index contributed by atoms with van der Waals surface area (Å²) < 4.78 is 0. The van der Waals surface area contributed by atoms with Gasteiger partial charge < -0.3 is 4.90 Å². The molecule has 1 N–H and O–H groups in total. The van der Waals surface area contributed by atoms with Crippen molar-refractivity contribution < 1.29 is 4.79 Å². The molecule has 0 fully saturated rings. The van der Waals surface area contributed by atoms with Crippen molar-refractivity contribution in [2.24, 2.45) is 0 Å². The Morgan fingerprint density at radius 2 is 2.26 bits per heavy atom. The molecule has 0 aliphatic heterocycles. The number of nitrogens with one attached hydrogen (secondary N) is 1. The second kappa shape index (κ2) is 6.43. The number of carbonyl (C=O) groups excluding carboxylic acids is 1. The van der Waals surface area contributed by atoms with Crippen LogP contribution < -0.4 is 0 Å². The lowest BCUT2D eigenvalue weighted by Crippen LogP contribution is -2.26. The van der Waals surface area contributed by atoms with Crippen molar-refractivity contribution in [3.05, 3.63) is 53.3 Å². The fourth-order valence-electron chi connectivity index (χ4n) is 1.89. The molecule has 2 rings (SSSR count). The van der Waals surface area contributed by atoms with Crippen molar-refractivity contribution >= 4 is 17.7 Å². The zero-order valence-corrected chi connectivity index (χ0v) is 11.9. The Labute approximate surface area is 117 Å². The van der Waals surface area contributed by atoms with E-state index in [0.717, 1.165) is 16.9 Å². The van der Waals surface area contributed by atoms with Crippen molar-refractivity contribution in [2.45, 2.75) is 12.3 Å². The molecule has 1 aromatic heterocycles. The highest BCUT2D eigenvalue weighted by Crippen LogP contribution is 2.13. The van der Waals surface area contributed by atoms with Crippen LogP contribution in [0.3, 0.4) is 0 Å². The van der Waals surface area contributed by atoms with Crippen molar-refractivity contribution in [3.8, 4) is 0 Å². The summed E-state index contributed by atoms with van der Waals surface area (Å²) in [5.74, 6) is 0.955. The van der Waals surface area contributed by atoms with E-state index in [9.17, 15) is 4.79 Å². The van der Waals surface area contributed by atoms with Crippen LogP contribution in [0.15, 0.2) is 36.7 Å². The van der Waals surface area contributed by atoms with Crippen LogP contribution in [0.25, 0.3) is 0 Å². The predicted molar refractivity (Wildman–Crippen MR) is 78.0 cm³/mol. The summed E-state index contributed by atoms with van der Waals surface area (Å²) in [6, 6.07) is 7.80. The first kappa shape index (κ1) is 13.7. The van der Waals surface area contributed by atoms with E-state index in [1.54, 1.807) is 36.1 Å². The third-order valence-corrected chi connectivity index (χ3v) is 3.43. The number of nitrogens with zero attached hydrogens (tertiary/aromatic N) is 2. The zero-order chi connectivity index (χ0) is 13.7. The van der Waals surface area contributed by atoms with Crippen LogP contribution in [-0.2, 0) is 12.3 Å². The third kappa shape index (κ3) is 3.61. The standard InChI is InChI=1S/C14H17N3OS/c1-17(9-12-7-15-16-8-12)14(18)13-5-3-4-11(6-13)10-19-2/h3-8H,9-10H2,1-2H3,(H,15,16). The van der Waals surface area contributed by atoms with Gasteiger partial charge in [0.05, 0.1) is 6.20 Å². The van der Waals surface area contributed by atoms with E-state index in [4.69, 9.17) is 0 Å². The second-order valence-electron chi connectivity index (χ2n) is 4.40. The Hall–Kier alpha value is -1.75. The van der Waals surface area contributed by atoms with E-state index >= 15 is 0 Å². The van der Waals surface area contributed by atoms with Crippen LogP contribution >= 0.6 is 11.8 Å². The van der Waals surface area contributed by atoms with Gasteiger partial charge in [-0.1, -0.05) is 12.1 Å². The van der Waals surface area contributed by atoms with E-state index in [1.807, 2.05) is 24.3 Å². The average Bonchev–Trinajstić information content (AvgIpc) is 2.91. The fraction of sp³-hybridized carbons (Fsp3) is 0.286. The van der Waals surface area contributed by atoms with Crippen molar-refractivity contribution in [3.63, 3.8) is 0 Å². The molecule has 2 aromatic rings. The lowest BCUT2D eigenvalue weighted by molar-refractivity contribution is 0.0785. The number of thioether (sulfide) groups is 1. The van der Waals surface area contributed by atoms with Gasteiger partial charge >= 0.3 is 0 Å². The van der Waals surface area contributed by atoms with Gasteiger partial charge in [-0.05, 0) is 24.0 Å². The minimum Gasteiger partial charge on any atom is -0.337 e. The van der Waals surface area contributed by atoms with Crippen LogP contribution in [0.2, 0.25) is 0 Å². The highest BCUT2D eigenvalue weighted by molar-refractivity contribution is 7.97. The molecule has 0 saturated heterocycles. The quantitative estimate of drug-likeness (QED) is 0.912. The smallest absolute Gasteiger partial charge is 0.253 e. The second-order valence-corrected chi connectivity index (χ2v) is 5.27. The molecule has 5 heteroatoms. The third-order valence-electron chi connectivity index (χ3n) is 2.81. The molecule has 1 aromatic carbocycles. The van der Waals surface area contributed by atoms with Gasteiger partial charge in [0.15, 0.2) is 0 Å². The maximum atomic E-state index is 12.3. The van der Waals surface area contributed by atoms with Gasteiger partial charge in [-0.2, -0.15) is 16.9 Å². The maximum absolute atomic E-state index is 12.3. The Morgan fingerprint density at radius 1 is 1.42 bits per heavy atom. The van der Waals surface area contributed by atoms with Gasteiger partial charge in [-0.25, -0.2) is 0 Å². The minimum atomic E-state index is 0.0316. The largest absolute Gasteiger partial charge is 0.337 e. The van der Waals surface area contributed by atoms with Crippen LogP contribution in [-0.4, -0.2) is 34.3 Å². The summed E-state index contributed by atoms with van der Waals surface area (Å²) in [6.07, 6.45) is 5.58. The number of carbonyl (C=O) groups is 1. The average molecular weight is 275 g/mol. The number of hydrogen-bond donors (Lipinski definition) is 1. The molecule has 0 atom stereocenters. The molecular formula is C14H17N3OS. The zero-order valence-electron chi connectivity index (χ0n) is 11.1. The Balaban J connectivity index is 2.08. The molecule has 1 amide bonds. The number of aromatic amines is 1. The summed E-state index contributed by atoms with van der Waals surface area (Å²) in [5, 5.41) is 6.63. The molecule has 19 heavy (non-hydrogen) atoms. The topological polar surface area (TPSA) is 49.0 Å². The molecule has 4 nitrogen and oxygen atoms in total. The van der Waals surface area contributed by atoms with Gasteiger partial charge in [0, 0.05) is 36.7 Å². The number of benzene rings is 1. The fourth-order valence-corrected chi connectivity index (χ4v) is 2.40. The monoisotopic (exact) mass is 275 g/mol. The lowest BCUT2D eigenvalue weighted by Gasteiger charge is -2.16. The van der Waals surface area contributed by atoms with Crippen LogP contribution in [0.1, 0.15) is 21.5 Å². The Bertz CT molecular complexity index is 539. The summed E-state index contributed by atoms with van der Waals surface area (Å²) in [6.45, 7) is 0.558. The van der Waals surface area contributed by atoms with Crippen LogP contribution in [0, 0.1) is 0 Å². The Morgan fingerprint density at radius 3 is 2.95 bits per heavy atom. The Kier molecular flexibility index (Phi) is 4.63. The minimum absolute atomic E-state index is 0.0316. The van der Waals surface area contributed by atoms with E-state index in [0.29, 0.717) is 6.54 Å². The van der Waals surface area contributed by atoms with E-state index in [1.165, 1.54) is 5.56 Å². The molecular weight excluding hydrogens is 258 g/mol. The number of H-pyrrole nitrogens is 1. The van der Waals surface area contributed by atoms with Crippen molar-refractivity contribution in [1.82, 2.24) is 15.1 Å². The van der Waals surface area contributed by atoms with E-state index in [-0.39, 0.29) is 5.91 Å². The number of rotatable bonds is 5. The van der Waals surface area contributed by atoms with Crippen molar-refractivity contribution in [2.75, 3.05) is 13.3 Å². The summed E-state index contributed by atoms with van der Waals surface area (Å²) in [7, 11) is 1.80. The molecule has 100 valence electrons. The first-order valence-electron chi connectivity index (χ1n) is 6.01. The van der Waals surface area contributed by atoms with Gasteiger partial charge in [0.2, 0.25) is 0 Å². The van der Waals surface area contributed by atoms with Gasteiger partial charge in [0.25, 0.3) is 5.91 Å². The molecule has 0 saturated carbocycles. The molecule has 0 spiro atoms. The highest BCUT2D eigenvalue weighted by atomic mass is 32.2. The van der Waals surface area contributed by atoms with Gasteiger partial charge in [-0.15, -0.1) is 0 Å². The predicted octanol–water partition coefficient (Wildman–Crippen LogP) is 2.54. The lowest BCUT2D eigenvalue weighted by atomic mass is 10.1. The summed E-state index contributed by atoms with van der Waals surface area (Å²) in [4.78, 5) is 14.0. The number of hydrogen-bond acceptors (Lipinski definition) is 3. The highest BCUT2D eigenvalue weighted by Gasteiger charge is 2.12. The number of amides is 1. The summed E-state index contributed by atoms with van der Waals surface area (Å²) >= 11 is 1.75. The molecule has 0 aliphatic carbocycles. The molecule has 0 bridgehead atoms. The molecule has 0 aliphatic rings. The first-order chi connectivity index (χ1) is 9.20. The number of aromatic nitrogens is 2. The molecule has 1 heterocycles. The van der Waals surface area contributed by atoms with Gasteiger partial charge in [0.1, 0.15) is 0 Å². The summed E-state index contributed by atoms with van der Waals surface area (Å²) in [5.41, 5.74) is 2.91. The van der Waals surface area contributed by atoms with Crippen molar-refractivity contribution in [1.29, 1.82) is 0 Å². The van der Waals surface area contributed by atoms with Crippen LogP contribution in [0.4, 0.5) is 0 Å². The SMILES string of the molecule is CSCc1cccc(C(=O)N(C)Cc2cn[nH]c2)c1.